The second kappa shape index (κ2) is 2.98. The molecule has 1 saturated heterocycles. The first-order valence-electron chi connectivity index (χ1n) is 3.29. The van der Waals surface area contributed by atoms with E-state index in [0.717, 1.165) is 6.42 Å². The minimum atomic E-state index is -0.845. The van der Waals surface area contributed by atoms with E-state index in [9.17, 15) is 4.79 Å². The van der Waals surface area contributed by atoms with Crippen molar-refractivity contribution in [1.29, 1.82) is 0 Å². The van der Waals surface area contributed by atoms with E-state index >= 15 is 0 Å². The Hall–Kier alpha value is -0.610. The van der Waals surface area contributed by atoms with E-state index in [4.69, 9.17) is 15.6 Å². The van der Waals surface area contributed by atoms with Gasteiger partial charge in [-0.1, -0.05) is 0 Å². The fourth-order valence-electron chi connectivity index (χ4n) is 1.05. The SMILES string of the molecule is N[C@H]1CCO[C@H]1CC(=O)O. The molecule has 3 N–H and O–H groups in total. The van der Waals surface area contributed by atoms with Crippen LogP contribution in [0, 0.1) is 0 Å². The Morgan fingerprint density at radius 2 is 2.50 bits per heavy atom. The summed E-state index contributed by atoms with van der Waals surface area (Å²) in [5, 5.41) is 8.36. The van der Waals surface area contributed by atoms with Crippen LogP contribution in [-0.4, -0.2) is 29.8 Å². The van der Waals surface area contributed by atoms with Crippen molar-refractivity contribution in [3.8, 4) is 0 Å². The van der Waals surface area contributed by atoms with Crippen LogP contribution < -0.4 is 5.73 Å². The highest BCUT2D eigenvalue weighted by Crippen LogP contribution is 2.13. The standard InChI is InChI=1S/C6H11NO3/c7-4-1-2-10-5(4)3-6(8)9/h4-5H,1-3,7H2,(H,8,9)/t4-,5-/m0/s1. The van der Waals surface area contributed by atoms with Gasteiger partial charge in [0.25, 0.3) is 0 Å². The topological polar surface area (TPSA) is 72.5 Å². The van der Waals surface area contributed by atoms with E-state index in [0.29, 0.717) is 6.61 Å². The zero-order chi connectivity index (χ0) is 7.56. The number of carboxylic acids is 1. The van der Waals surface area contributed by atoms with Gasteiger partial charge in [-0.2, -0.15) is 0 Å². The van der Waals surface area contributed by atoms with Gasteiger partial charge >= 0.3 is 5.97 Å². The summed E-state index contributed by atoms with van der Waals surface area (Å²) in [6.45, 7) is 0.596. The molecule has 0 aliphatic carbocycles. The van der Waals surface area contributed by atoms with Gasteiger partial charge in [0.05, 0.1) is 12.5 Å². The molecule has 1 fully saturated rings. The van der Waals surface area contributed by atoms with Crippen LogP contribution in [0.25, 0.3) is 0 Å². The van der Waals surface area contributed by atoms with Crippen molar-refractivity contribution < 1.29 is 14.6 Å². The van der Waals surface area contributed by atoms with E-state index in [1.54, 1.807) is 0 Å². The quantitative estimate of drug-likeness (QED) is 0.553. The van der Waals surface area contributed by atoms with Crippen molar-refractivity contribution in [2.24, 2.45) is 5.73 Å². The van der Waals surface area contributed by atoms with Crippen molar-refractivity contribution in [2.75, 3.05) is 6.61 Å². The molecule has 0 bridgehead atoms. The van der Waals surface area contributed by atoms with Gasteiger partial charge in [-0.05, 0) is 6.42 Å². The molecule has 4 heteroatoms. The Kier molecular flexibility index (Phi) is 2.24. The lowest BCUT2D eigenvalue weighted by molar-refractivity contribution is -0.139. The van der Waals surface area contributed by atoms with Crippen LogP contribution in [0.5, 0.6) is 0 Å². The first-order chi connectivity index (χ1) is 4.70. The maximum absolute atomic E-state index is 10.2. The average Bonchev–Trinajstić information content (AvgIpc) is 2.15. The molecule has 0 amide bonds. The maximum atomic E-state index is 10.2. The van der Waals surface area contributed by atoms with Gasteiger partial charge in [-0.25, -0.2) is 0 Å². The van der Waals surface area contributed by atoms with Crippen molar-refractivity contribution in [2.45, 2.75) is 25.0 Å². The summed E-state index contributed by atoms with van der Waals surface area (Å²) in [6.07, 6.45) is 0.538. The third kappa shape index (κ3) is 1.68. The van der Waals surface area contributed by atoms with Gasteiger partial charge in [0, 0.05) is 12.6 Å². The normalized spacial score (nSPS) is 32.5. The first-order valence-corrected chi connectivity index (χ1v) is 3.29. The monoisotopic (exact) mass is 145 g/mol. The van der Waals surface area contributed by atoms with Crippen LogP contribution in [0.15, 0.2) is 0 Å². The molecule has 0 aromatic carbocycles. The molecular weight excluding hydrogens is 134 g/mol. The van der Waals surface area contributed by atoms with Crippen LogP contribution in [0.2, 0.25) is 0 Å². The Morgan fingerprint density at radius 1 is 1.80 bits per heavy atom. The summed E-state index contributed by atoms with van der Waals surface area (Å²) >= 11 is 0. The zero-order valence-corrected chi connectivity index (χ0v) is 5.62. The van der Waals surface area contributed by atoms with Crippen molar-refractivity contribution >= 4 is 5.97 Å². The van der Waals surface area contributed by atoms with Crippen LogP contribution in [-0.2, 0) is 9.53 Å². The summed E-state index contributed by atoms with van der Waals surface area (Å²) in [5.74, 6) is -0.845. The molecular formula is C6H11NO3. The Balaban J connectivity index is 2.33. The second-order valence-corrected chi connectivity index (χ2v) is 2.46. The summed E-state index contributed by atoms with van der Waals surface area (Å²) in [4.78, 5) is 10.2. The Bertz CT molecular complexity index is 137. The number of carboxylic acid groups (broad SMARTS) is 1. The number of ether oxygens (including phenoxy) is 1. The van der Waals surface area contributed by atoms with Gasteiger partial charge in [-0.15, -0.1) is 0 Å². The lowest BCUT2D eigenvalue weighted by Crippen LogP contribution is -2.31. The van der Waals surface area contributed by atoms with Crippen LogP contribution >= 0.6 is 0 Å². The number of carbonyl (C=O) groups is 1. The lowest BCUT2D eigenvalue weighted by atomic mass is 10.1. The van der Waals surface area contributed by atoms with Gasteiger partial charge in [-0.3, -0.25) is 4.79 Å². The molecule has 1 aliphatic heterocycles. The van der Waals surface area contributed by atoms with Gasteiger partial charge in [0.2, 0.25) is 0 Å². The molecule has 0 spiro atoms. The predicted octanol–water partition coefficient (Wildman–Crippen LogP) is -0.423. The summed E-state index contributed by atoms with van der Waals surface area (Å²) in [7, 11) is 0. The van der Waals surface area contributed by atoms with E-state index in [2.05, 4.69) is 0 Å². The van der Waals surface area contributed by atoms with Gasteiger partial charge in [0.1, 0.15) is 0 Å². The number of hydrogen-bond acceptors (Lipinski definition) is 3. The van der Waals surface area contributed by atoms with E-state index in [-0.39, 0.29) is 18.6 Å². The van der Waals surface area contributed by atoms with E-state index in [1.165, 1.54) is 0 Å². The fourth-order valence-corrected chi connectivity index (χ4v) is 1.05. The molecule has 0 unspecified atom stereocenters. The molecule has 1 heterocycles. The molecule has 58 valence electrons. The van der Waals surface area contributed by atoms with Crippen molar-refractivity contribution in [1.82, 2.24) is 0 Å². The van der Waals surface area contributed by atoms with Crippen LogP contribution in [0.4, 0.5) is 0 Å². The van der Waals surface area contributed by atoms with Gasteiger partial charge in [0.15, 0.2) is 0 Å². The zero-order valence-electron chi connectivity index (χ0n) is 5.62. The highest BCUT2D eigenvalue weighted by atomic mass is 16.5. The largest absolute Gasteiger partial charge is 0.481 e. The highest BCUT2D eigenvalue weighted by Gasteiger charge is 2.26. The average molecular weight is 145 g/mol. The van der Waals surface area contributed by atoms with Crippen LogP contribution in [0.1, 0.15) is 12.8 Å². The molecule has 0 aromatic rings. The minimum Gasteiger partial charge on any atom is -0.481 e. The number of nitrogens with two attached hydrogens (primary N) is 1. The van der Waals surface area contributed by atoms with E-state index < -0.39 is 5.97 Å². The molecule has 4 nitrogen and oxygen atoms in total. The van der Waals surface area contributed by atoms with Gasteiger partial charge < -0.3 is 15.6 Å². The fraction of sp³-hybridized carbons (Fsp3) is 0.833. The molecule has 10 heavy (non-hydrogen) atoms. The second-order valence-electron chi connectivity index (χ2n) is 2.46. The summed E-state index contributed by atoms with van der Waals surface area (Å²) in [6, 6.07) is -0.0869. The molecule has 1 aliphatic rings. The maximum Gasteiger partial charge on any atom is 0.306 e. The molecule has 2 atom stereocenters. The molecule has 1 rings (SSSR count). The van der Waals surface area contributed by atoms with Crippen molar-refractivity contribution in [3.63, 3.8) is 0 Å². The smallest absolute Gasteiger partial charge is 0.306 e. The molecule has 0 radical (unpaired) electrons. The number of rotatable bonds is 2. The highest BCUT2D eigenvalue weighted by molar-refractivity contribution is 5.67. The minimum absolute atomic E-state index is 0.0289. The van der Waals surface area contributed by atoms with E-state index in [1.807, 2.05) is 0 Å². The summed E-state index contributed by atoms with van der Waals surface area (Å²) < 4.78 is 5.07. The number of hydrogen-bond donors (Lipinski definition) is 2. The Labute approximate surface area is 59.0 Å². The third-order valence-corrected chi connectivity index (χ3v) is 1.64. The first kappa shape index (κ1) is 7.50. The molecule has 0 saturated carbocycles. The Morgan fingerprint density at radius 3 is 2.90 bits per heavy atom. The predicted molar refractivity (Wildman–Crippen MR) is 34.6 cm³/mol. The van der Waals surface area contributed by atoms with Crippen molar-refractivity contribution in [3.05, 3.63) is 0 Å². The number of aliphatic carboxylic acids is 1. The van der Waals surface area contributed by atoms with Crippen LogP contribution in [0.3, 0.4) is 0 Å². The third-order valence-electron chi connectivity index (χ3n) is 1.64. The molecule has 0 aromatic heterocycles. The summed E-state index contributed by atoms with van der Waals surface area (Å²) in [5.41, 5.74) is 5.54. The lowest BCUT2D eigenvalue weighted by Gasteiger charge is -2.10.